The summed E-state index contributed by atoms with van der Waals surface area (Å²) in [4.78, 5) is 11.0. The van der Waals surface area contributed by atoms with Crippen LogP contribution in [0, 0.1) is 11.8 Å². The summed E-state index contributed by atoms with van der Waals surface area (Å²) >= 11 is 1.85. The molecule has 4 nitrogen and oxygen atoms in total. The number of hydrogen-bond donors (Lipinski definition) is 1. The zero-order valence-corrected chi connectivity index (χ0v) is 19.3. The summed E-state index contributed by atoms with van der Waals surface area (Å²) in [6.07, 6.45) is 2.42. The van der Waals surface area contributed by atoms with E-state index in [9.17, 15) is 0 Å². The number of hydrogen-bond acceptors (Lipinski definition) is 3. The average molecular weight is 478 g/mol. The Balaban J connectivity index is 0.00000312. The third-order valence-electron chi connectivity index (χ3n) is 4.95. The lowest BCUT2D eigenvalue weighted by Gasteiger charge is -2.25. The second-order valence-corrected chi connectivity index (χ2v) is 7.94. The van der Waals surface area contributed by atoms with Crippen molar-refractivity contribution in [3.8, 4) is 0 Å². The molecule has 6 heteroatoms. The molecular weight excluding hydrogens is 443 g/mol. The smallest absolute Gasteiger partial charge is 0.193 e. The largest absolute Gasteiger partial charge is 0.356 e. The van der Waals surface area contributed by atoms with Gasteiger partial charge < -0.3 is 15.1 Å². The summed E-state index contributed by atoms with van der Waals surface area (Å²) in [5, 5.41) is 5.75. The highest BCUT2D eigenvalue weighted by molar-refractivity contribution is 14.0. The lowest BCUT2D eigenvalue weighted by Crippen LogP contribution is -2.42. The summed E-state index contributed by atoms with van der Waals surface area (Å²) in [7, 11) is 1.91. The van der Waals surface area contributed by atoms with E-state index < -0.39 is 0 Å². The predicted molar refractivity (Wildman–Crippen MR) is 121 cm³/mol. The van der Waals surface area contributed by atoms with Gasteiger partial charge in [-0.2, -0.15) is 0 Å². The molecule has 1 fully saturated rings. The van der Waals surface area contributed by atoms with E-state index in [4.69, 9.17) is 0 Å². The molecule has 1 N–H and O–H groups in total. The van der Waals surface area contributed by atoms with Crippen molar-refractivity contribution in [1.29, 1.82) is 0 Å². The molecule has 0 amide bonds. The molecule has 1 aliphatic heterocycles. The standard InChI is InChI=1S/C19H34N4S.HI/c1-5-22(6-2)14-17-9-10-23(15-17)19(20-4)21-13-16(3)12-18-8-7-11-24-18;/h7-8,11,16-17H,5-6,9-10,12-15H2,1-4H3,(H,20,21);1H. The Morgan fingerprint density at radius 3 is 2.80 bits per heavy atom. The maximum atomic E-state index is 4.51. The second kappa shape index (κ2) is 12.1. The number of halogens is 1. The van der Waals surface area contributed by atoms with Gasteiger partial charge in [0.1, 0.15) is 0 Å². The van der Waals surface area contributed by atoms with Gasteiger partial charge >= 0.3 is 0 Å². The van der Waals surface area contributed by atoms with Gasteiger partial charge in [0, 0.05) is 38.1 Å². The van der Waals surface area contributed by atoms with Gasteiger partial charge in [0.2, 0.25) is 0 Å². The zero-order chi connectivity index (χ0) is 17.4. The van der Waals surface area contributed by atoms with Gasteiger partial charge in [-0.25, -0.2) is 0 Å². The highest BCUT2D eigenvalue weighted by atomic mass is 127. The molecule has 0 bridgehead atoms. The van der Waals surface area contributed by atoms with Crippen LogP contribution >= 0.6 is 35.3 Å². The molecule has 1 aromatic heterocycles. The summed E-state index contributed by atoms with van der Waals surface area (Å²) in [6, 6.07) is 4.37. The van der Waals surface area contributed by atoms with Crippen molar-refractivity contribution in [3.63, 3.8) is 0 Å². The summed E-state index contributed by atoms with van der Waals surface area (Å²) in [5.41, 5.74) is 0. The van der Waals surface area contributed by atoms with E-state index in [0.717, 1.165) is 51.0 Å². The molecule has 0 aromatic carbocycles. The maximum Gasteiger partial charge on any atom is 0.193 e. The van der Waals surface area contributed by atoms with Crippen LogP contribution in [0.3, 0.4) is 0 Å². The first-order valence-electron chi connectivity index (χ1n) is 9.36. The van der Waals surface area contributed by atoms with E-state index in [-0.39, 0.29) is 24.0 Å². The van der Waals surface area contributed by atoms with Gasteiger partial charge in [-0.05, 0) is 49.2 Å². The number of likely N-dealkylation sites (tertiary alicyclic amines) is 1. The van der Waals surface area contributed by atoms with Crippen LogP contribution in [0.5, 0.6) is 0 Å². The molecule has 2 unspecified atom stereocenters. The van der Waals surface area contributed by atoms with Crippen LogP contribution in [0.4, 0.5) is 0 Å². The number of nitrogens with zero attached hydrogens (tertiary/aromatic N) is 3. The molecule has 0 radical (unpaired) electrons. The molecule has 0 saturated carbocycles. The average Bonchev–Trinajstić information content (AvgIpc) is 3.25. The van der Waals surface area contributed by atoms with Crippen molar-refractivity contribution in [3.05, 3.63) is 22.4 Å². The Morgan fingerprint density at radius 2 is 2.20 bits per heavy atom. The van der Waals surface area contributed by atoms with Crippen LogP contribution in [0.2, 0.25) is 0 Å². The van der Waals surface area contributed by atoms with Gasteiger partial charge in [-0.1, -0.05) is 26.8 Å². The topological polar surface area (TPSA) is 30.9 Å². The van der Waals surface area contributed by atoms with E-state index in [1.807, 2.05) is 18.4 Å². The Labute approximate surface area is 175 Å². The van der Waals surface area contributed by atoms with Gasteiger partial charge in [-0.15, -0.1) is 35.3 Å². The van der Waals surface area contributed by atoms with Crippen molar-refractivity contribution in [2.75, 3.05) is 46.3 Å². The summed E-state index contributed by atoms with van der Waals surface area (Å²) in [5.74, 6) is 2.47. The van der Waals surface area contributed by atoms with E-state index in [1.165, 1.54) is 17.8 Å². The molecule has 144 valence electrons. The Bertz CT molecular complexity index is 488. The summed E-state index contributed by atoms with van der Waals surface area (Å²) in [6.45, 7) is 13.6. The maximum absolute atomic E-state index is 4.51. The van der Waals surface area contributed by atoms with Crippen molar-refractivity contribution in [1.82, 2.24) is 15.1 Å². The van der Waals surface area contributed by atoms with Gasteiger partial charge in [0.15, 0.2) is 5.96 Å². The van der Waals surface area contributed by atoms with Crippen LogP contribution in [-0.4, -0.2) is 62.1 Å². The van der Waals surface area contributed by atoms with Crippen molar-refractivity contribution in [2.24, 2.45) is 16.8 Å². The van der Waals surface area contributed by atoms with Crippen molar-refractivity contribution in [2.45, 2.75) is 33.6 Å². The second-order valence-electron chi connectivity index (χ2n) is 6.90. The monoisotopic (exact) mass is 478 g/mol. The zero-order valence-electron chi connectivity index (χ0n) is 16.2. The number of nitrogens with one attached hydrogen (secondary N) is 1. The molecule has 0 spiro atoms. The molecule has 1 aromatic rings. The minimum absolute atomic E-state index is 0. The van der Waals surface area contributed by atoms with E-state index >= 15 is 0 Å². The van der Waals surface area contributed by atoms with E-state index in [2.05, 4.69) is 58.4 Å². The quantitative estimate of drug-likeness (QED) is 0.351. The fraction of sp³-hybridized carbons (Fsp3) is 0.737. The molecule has 2 heterocycles. The molecular formula is C19H35IN4S. The minimum atomic E-state index is 0. The molecule has 1 aliphatic rings. The highest BCUT2D eigenvalue weighted by Gasteiger charge is 2.26. The first-order valence-corrected chi connectivity index (χ1v) is 10.2. The fourth-order valence-corrected chi connectivity index (χ4v) is 4.33. The lowest BCUT2D eigenvalue weighted by molar-refractivity contribution is 0.255. The lowest BCUT2D eigenvalue weighted by atomic mass is 10.1. The SMILES string of the molecule is CCN(CC)CC1CCN(C(=NC)NCC(C)Cc2cccs2)C1.I. The van der Waals surface area contributed by atoms with E-state index in [1.54, 1.807) is 0 Å². The van der Waals surface area contributed by atoms with Crippen molar-refractivity contribution < 1.29 is 0 Å². The fourth-order valence-electron chi connectivity index (χ4n) is 3.46. The Kier molecular flexibility index (Phi) is 11.0. The van der Waals surface area contributed by atoms with Gasteiger partial charge in [-0.3, -0.25) is 4.99 Å². The van der Waals surface area contributed by atoms with Crippen LogP contribution < -0.4 is 5.32 Å². The van der Waals surface area contributed by atoms with E-state index in [0.29, 0.717) is 5.92 Å². The number of rotatable bonds is 8. The van der Waals surface area contributed by atoms with Crippen LogP contribution in [0.1, 0.15) is 32.1 Å². The number of guanidine groups is 1. The van der Waals surface area contributed by atoms with Gasteiger partial charge in [0.05, 0.1) is 0 Å². The molecule has 2 rings (SSSR count). The molecule has 0 aliphatic carbocycles. The summed E-state index contributed by atoms with van der Waals surface area (Å²) < 4.78 is 0. The third-order valence-corrected chi connectivity index (χ3v) is 5.85. The third kappa shape index (κ3) is 7.43. The highest BCUT2D eigenvalue weighted by Crippen LogP contribution is 2.18. The first-order chi connectivity index (χ1) is 11.7. The van der Waals surface area contributed by atoms with Crippen LogP contribution in [-0.2, 0) is 6.42 Å². The number of aliphatic imine (C=N–C) groups is 1. The van der Waals surface area contributed by atoms with Crippen LogP contribution in [0.15, 0.2) is 22.5 Å². The van der Waals surface area contributed by atoms with Gasteiger partial charge in [0.25, 0.3) is 0 Å². The first kappa shape index (κ1) is 22.7. The molecule has 1 saturated heterocycles. The minimum Gasteiger partial charge on any atom is -0.356 e. The Hall–Kier alpha value is -0.340. The van der Waals surface area contributed by atoms with Crippen LogP contribution in [0.25, 0.3) is 0 Å². The number of thiophene rings is 1. The Morgan fingerprint density at radius 1 is 1.44 bits per heavy atom. The normalized spacial score (nSPS) is 19.2. The molecule has 2 atom stereocenters. The van der Waals surface area contributed by atoms with Crippen molar-refractivity contribution >= 4 is 41.3 Å². The molecule has 25 heavy (non-hydrogen) atoms. The predicted octanol–water partition coefficient (Wildman–Crippen LogP) is 3.78.